The first-order valence-corrected chi connectivity index (χ1v) is 7.28. The molecule has 2 aromatic carbocycles. The number of ether oxygens (including phenoxy) is 1. The molecular weight excluding hydrogens is 360 g/mol. The quantitative estimate of drug-likeness (QED) is 0.387. The summed E-state index contributed by atoms with van der Waals surface area (Å²) in [6.07, 6.45) is 1.36. The molecule has 2 N–H and O–H groups in total. The minimum Gasteiger partial charge on any atom is -0.423 e. The first-order chi connectivity index (χ1) is 11.0. The second kappa shape index (κ2) is 7.38. The summed E-state index contributed by atoms with van der Waals surface area (Å²) in [6, 6.07) is 14.9. The maximum Gasteiger partial charge on any atom is 0.343 e. The maximum absolute atomic E-state index is 12.0. The van der Waals surface area contributed by atoms with Gasteiger partial charge in [-0.25, -0.2) is 4.79 Å². The Morgan fingerprint density at radius 3 is 2.22 bits per heavy atom. The van der Waals surface area contributed by atoms with E-state index in [1.165, 1.54) is 6.08 Å². The number of hydrogen-bond donors (Lipinski definition) is 1. The summed E-state index contributed by atoms with van der Waals surface area (Å²) >= 11 is 3.29. The molecule has 0 aromatic heterocycles. The Balaban J connectivity index is 2.11. The Hall–Kier alpha value is -2.91. The highest BCUT2D eigenvalue weighted by atomic mass is 79.9. The lowest BCUT2D eigenvalue weighted by Crippen LogP contribution is -2.12. The second-order valence-corrected chi connectivity index (χ2v) is 5.42. The molecule has 0 unspecified atom stereocenters. The Bertz CT molecular complexity index is 803. The van der Waals surface area contributed by atoms with E-state index in [9.17, 15) is 9.59 Å². The molecule has 0 bridgehead atoms. The number of nitriles is 1. The van der Waals surface area contributed by atoms with Crippen LogP contribution < -0.4 is 10.5 Å². The molecule has 1 amide bonds. The van der Waals surface area contributed by atoms with E-state index >= 15 is 0 Å². The Morgan fingerprint density at radius 1 is 1.09 bits per heavy atom. The topological polar surface area (TPSA) is 93.2 Å². The van der Waals surface area contributed by atoms with Gasteiger partial charge in [0.25, 0.3) is 5.91 Å². The van der Waals surface area contributed by atoms with E-state index in [0.717, 1.165) is 4.47 Å². The molecule has 0 aliphatic rings. The van der Waals surface area contributed by atoms with Crippen LogP contribution in [0.4, 0.5) is 0 Å². The molecule has 2 rings (SSSR count). The zero-order valence-electron chi connectivity index (χ0n) is 11.8. The van der Waals surface area contributed by atoms with Crippen molar-refractivity contribution in [2.75, 3.05) is 0 Å². The van der Waals surface area contributed by atoms with Crippen LogP contribution in [-0.2, 0) is 4.79 Å². The van der Waals surface area contributed by atoms with Gasteiger partial charge in [0.1, 0.15) is 17.4 Å². The van der Waals surface area contributed by atoms with Gasteiger partial charge in [0.05, 0.1) is 5.56 Å². The monoisotopic (exact) mass is 370 g/mol. The van der Waals surface area contributed by atoms with E-state index in [1.54, 1.807) is 54.6 Å². The summed E-state index contributed by atoms with van der Waals surface area (Å²) in [4.78, 5) is 23.0. The number of benzene rings is 2. The zero-order valence-corrected chi connectivity index (χ0v) is 13.4. The largest absolute Gasteiger partial charge is 0.423 e. The predicted molar refractivity (Wildman–Crippen MR) is 88.3 cm³/mol. The van der Waals surface area contributed by atoms with Crippen LogP contribution >= 0.6 is 15.9 Å². The number of carbonyl (C=O) groups is 2. The van der Waals surface area contributed by atoms with Gasteiger partial charge in [-0.1, -0.05) is 28.1 Å². The van der Waals surface area contributed by atoms with Crippen molar-refractivity contribution in [3.05, 3.63) is 69.7 Å². The number of amides is 1. The molecule has 6 heteroatoms. The molecule has 0 atom stereocenters. The van der Waals surface area contributed by atoms with Crippen LogP contribution in [0.2, 0.25) is 0 Å². The third-order valence-corrected chi connectivity index (χ3v) is 3.40. The van der Waals surface area contributed by atoms with E-state index in [2.05, 4.69) is 15.9 Å². The van der Waals surface area contributed by atoms with E-state index in [-0.39, 0.29) is 5.57 Å². The molecule has 0 aliphatic carbocycles. The summed E-state index contributed by atoms with van der Waals surface area (Å²) in [5, 5.41) is 8.79. The van der Waals surface area contributed by atoms with Crippen molar-refractivity contribution in [3.8, 4) is 11.8 Å². The summed E-state index contributed by atoms with van der Waals surface area (Å²) in [6.45, 7) is 0. The van der Waals surface area contributed by atoms with Crippen molar-refractivity contribution in [2.45, 2.75) is 0 Å². The maximum atomic E-state index is 12.0. The van der Waals surface area contributed by atoms with Crippen LogP contribution in [0.5, 0.6) is 5.75 Å². The van der Waals surface area contributed by atoms with Gasteiger partial charge in [0, 0.05) is 4.47 Å². The van der Waals surface area contributed by atoms with Crippen molar-refractivity contribution in [2.24, 2.45) is 5.73 Å². The zero-order chi connectivity index (χ0) is 16.8. The number of rotatable bonds is 4. The average Bonchev–Trinajstić information content (AvgIpc) is 2.54. The smallest absolute Gasteiger partial charge is 0.343 e. The van der Waals surface area contributed by atoms with Gasteiger partial charge in [0.15, 0.2) is 0 Å². The van der Waals surface area contributed by atoms with Gasteiger partial charge < -0.3 is 10.5 Å². The molecule has 0 heterocycles. The van der Waals surface area contributed by atoms with Crippen LogP contribution in [0.25, 0.3) is 6.08 Å². The molecule has 0 saturated carbocycles. The van der Waals surface area contributed by atoms with Crippen molar-refractivity contribution in [3.63, 3.8) is 0 Å². The van der Waals surface area contributed by atoms with Crippen LogP contribution in [0.1, 0.15) is 15.9 Å². The van der Waals surface area contributed by atoms with E-state index in [0.29, 0.717) is 16.9 Å². The lowest BCUT2D eigenvalue weighted by molar-refractivity contribution is -0.114. The molecule has 5 nitrogen and oxygen atoms in total. The fourth-order valence-electron chi connectivity index (χ4n) is 1.71. The molecule has 0 radical (unpaired) electrons. The lowest BCUT2D eigenvalue weighted by atomic mass is 10.1. The third kappa shape index (κ3) is 4.53. The number of esters is 1. The molecule has 0 aliphatic heterocycles. The van der Waals surface area contributed by atoms with Gasteiger partial charge in [0.2, 0.25) is 0 Å². The number of hydrogen-bond acceptors (Lipinski definition) is 4. The van der Waals surface area contributed by atoms with Crippen LogP contribution in [0.3, 0.4) is 0 Å². The number of primary amides is 1. The fraction of sp³-hybridized carbons (Fsp3) is 0. The highest BCUT2D eigenvalue weighted by molar-refractivity contribution is 9.10. The van der Waals surface area contributed by atoms with Crippen LogP contribution in [-0.4, -0.2) is 11.9 Å². The molecule has 0 spiro atoms. The van der Waals surface area contributed by atoms with E-state index in [4.69, 9.17) is 15.7 Å². The average molecular weight is 371 g/mol. The second-order valence-electron chi connectivity index (χ2n) is 4.50. The standard InChI is InChI=1S/C17H11BrN2O3/c18-14-5-3-12(4-6-14)17(22)23-15-7-1-11(2-8-15)9-13(10-19)16(20)21/h1-9H,(H2,20,21)/b13-9+. The molecular formula is C17H11BrN2O3. The summed E-state index contributed by atoms with van der Waals surface area (Å²) in [7, 11) is 0. The van der Waals surface area contributed by atoms with E-state index in [1.807, 2.05) is 0 Å². The van der Waals surface area contributed by atoms with Crippen molar-refractivity contribution in [1.29, 1.82) is 5.26 Å². The predicted octanol–water partition coefficient (Wildman–Crippen LogP) is 3.06. The fourth-order valence-corrected chi connectivity index (χ4v) is 1.97. The third-order valence-electron chi connectivity index (χ3n) is 2.87. The first kappa shape index (κ1) is 16.5. The summed E-state index contributed by atoms with van der Waals surface area (Å²) in [5.41, 5.74) is 5.94. The van der Waals surface area contributed by atoms with Crippen molar-refractivity contribution >= 4 is 33.9 Å². The Morgan fingerprint density at radius 2 is 1.70 bits per heavy atom. The minimum atomic E-state index is -0.793. The molecule has 114 valence electrons. The minimum absolute atomic E-state index is 0.149. The Kier molecular flexibility index (Phi) is 5.28. The lowest BCUT2D eigenvalue weighted by Gasteiger charge is -2.05. The number of carbonyl (C=O) groups excluding carboxylic acids is 2. The Labute approximate surface area is 141 Å². The van der Waals surface area contributed by atoms with Gasteiger partial charge in [-0.3, -0.25) is 4.79 Å². The molecule has 0 saturated heterocycles. The number of nitrogens with two attached hydrogens (primary N) is 1. The molecule has 2 aromatic rings. The van der Waals surface area contributed by atoms with Crippen molar-refractivity contribution in [1.82, 2.24) is 0 Å². The van der Waals surface area contributed by atoms with Gasteiger partial charge >= 0.3 is 5.97 Å². The first-order valence-electron chi connectivity index (χ1n) is 6.49. The highest BCUT2D eigenvalue weighted by Gasteiger charge is 2.08. The number of halogens is 1. The van der Waals surface area contributed by atoms with Gasteiger partial charge in [-0.15, -0.1) is 0 Å². The van der Waals surface area contributed by atoms with E-state index < -0.39 is 11.9 Å². The highest BCUT2D eigenvalue weighted by Crippen LogP contribution is 2.17. The number of nitrogens with zero attached hydrogens (tertiary/aromatic N) is 1. The van der Waals surface area contributed by atoms with Gasteiger partial charge in [-0.2, -0.15) is 5.26 Å². The SMILES string of the molecule is N#C/C(=C\c1ccc(OC(=O)c2ccc(Br)cc2)cc1)C(N)=O. The van der Waals surface area contributed by atoms with Crippen LogP contribution in [0.15, 0.2) is 58.6 Å². The van der Waals surface area contributed by atoms with Crippen molar-refractivity contribution < 1.29 is 14.3 Å². The summed E-state index contributed by atoms with van der Waals surface area (Å²) < 4.78 is 6.11. The normalized spacial score (nSPS) is 10.7. The van der Waals surface area contributed by atoms with Gasteiger partial charge in [-0.05, 0) is 48.0 Å². The molecule has 23 heavy (non-hydrogen) atoms. The molecule has 0 fully saturated rings. The van der Waals surface area contributed by atoms with Crippen LogP contribution in [0, 0.1) is 11.3 Å². The summed E-state index contributed by atoms with van der Waals surface area (Å²) in [5.74, 6) is -0.915.